The zero-order chi connectivity index (χ0) is 18.7. The number of methoxy groups -OCH3 is 2. The fourth-order valence-electron chi connectivity index (χ4n) is 2.65. The number of carbonyl (C=O) groups is 1. The van der Waals surface area contributed by atoms with Crippen LogP contribution in [0.2, 0.25) is 0 Å². The van der Waals surface area contributed by atoms with Gasteiger partial charge in [0, 0.05) is 23.2 Å². The number of esters is 1. The molecular formula is C19H21N3O4. The minimum absolute atomic E-state index is 0.0719. The molecular weight excluding hydrogens is 334 g/mol. The van der Waals surface area contributed by atoms with Gasteiger partial charge in [0.15, 0.2) is 5.65 Å². The van der Waals surface area contributed by atoms with Crippen LogP contribution in [0.15, 0.2) is 36.7 Å². The summed E-state index contributed by atoms with van der Waals surface area (Å²) in [6, 6.07) is 7.27. The molecule has 2 heterocycles. The first kappa shape index (κ1) is 17.7. The van der Waals surface area contributed by atoms with Crippen molar-refractivity contribution in [3.05, 3.63) is 47.8 Å². The number of fused-ring (bicyclic) bond motifs is 1. The van der Waals surface area contributed by atoms with Gasteiger partial charge in [0.2, 0.25) is 0 Å². The molecule has 0 N–H and O–H groups in total. The first-order chi connectivity index (χ1) is 12.5. The van der Waals surface area contributed by atoms with Crippen molar-refractivity contribution in [2.45, 2.75) is 26.5 Å². The van der Waals surface area contributed by atoms with Crippen molar-refractivity contribution in [1.82, 2.24) is 14.8 Å². The fourth-order valence-corrected chi connectivity index (χ4v) is 2.65. The van der Waals surface area contributed by atoms with Crippen molar-refractivity contribution >= 4 is 17.0 Å². The van der Waals surface area contributed by atoms with Gasteiger partial charge in [-0.15, -0.1) is 0 Å². The Morgan fingerprint density at radius 3 is 2.65 bits per heavy atom. The van der Waals surface area contributed by atoms with Gasteiger partial charge in [-0.2, -0.15) is 5.10 Å². The number of carbonyl (C=O) groups excluding carboxylic acids is 1. The van der Waals surface area contributed by atoms with Crippen molar-refractivity contribution < 1.29 is 19.0 Å². The molecule has 0 spiro atoms. The number of benzene rings is 1. The molecule has 0 saturated heterocycles. The Labute approximate surface area is 151 Å². The van der Waals surface area contributed by atoms with E-state index in [9.17, 15) is 4.79 Å². The summed E-state index contributed by atoms with van der Waals surface area (Å²) < 4.78 is 17.7. The molecule has 0 atom stereocenters. The highest BCUT2D eigenvalue weighted by molar-refractivity contribution is 5.93. The van der Waals surface area contributed by atoms with Crippen LogP contribution in [-0.4, -0.2) is 35.0 Å². The number of ether oxygens (including phenoxy) is 3. The number of nitrogens with zero attached hydrogens (tertiary/aromatic N) is 3. The smallest absolute Gasteiger partial charge is 0.340 e. The van der Waals surface area contributed by atoms with Crippen molar-refractivity contribution in [3.8, 4) is 11.5 Å². The summed E-state index contributed by atoms with van der Waals surface area (Å²) in [5.41, 5.74) is 1.84. The maximum absolute atomic E-state index is 12.4. The summed E-state index contributed by atoms with van der Waals surface area (Å²) in [6.07, 6.45) is 3.21. The molecule has 0 saturated carbocycles. The van der Waals surface area contributed by atoms with Crippen LogP contribution in [0, 0.1) is 0 Å². The van der Waals surface area contributed by atoms with Crippen molar-refractivity contribution in [3.63, 3.8) is 0 Å². The maximum Gasteiger partial charge on any atom is 0.340 e. The molecule has 136 valence electrons. The number of aromatic nitrogens is 3. The largest absolute Gasteiger partial charge is 0.497 e. The second-order valence-corrected chi connectivity index (χ2v) is 6.07. The molecule has 7 heteroatoms. The third-order valence-electron chi connectivity index (χ3n) is 4.00. The molecule has 1 aromatic carbocycles. The molecule has 0 unspecified atom stereocenters. The van der Waals surface area contributed by atoms with E-state index in [1.807, 2.05) is 18.5 Å². The lowest BCUT2D eigenvalue weighted by atomic mass is 10.2. The Morgan fingerprint density at radius 1 is 1.15 bits per heavy atom. The highest BCUT2D eigenvalue weighted by Gasteiger charge is 2.14. The summed E-state index contributed by atoms with van der Waals surface area (Å²) in [4.78, 5) is 16.7. The van der Waals surface area contributed by atoms with Crippen LogP contribution in [0.3, 0.4) is 0 Å². The van der Waals surface area contributed by atoms with Crippen LogP contribution in [-0.2, 0) is 11.3 Å². The van der Waals surface area contributed by atoms with E-state index in [4.69, 9.17) is 14.2 Å². The Balaban J connectivity index is 1.77. The summed E-state index contributed by atoms with van der Waals surface area (Å²) in [5.74, 6) is 0.841. The number of hydrogen-bond acceptors (Lipinski definition) is 6. The van der Waals surface area contributed by atoms with Crippen molar-refractivity contribution in [2.75, 3.05) is 14.2 Å². The van der Waals surface area contributed by atoms with Gasteiger partial charge in [-0.05, 0) is 38.1 Å². The van der Waals surface area contributed by atoms with Crippen LogP contribution in [0.4, 0.5) is 0 Å². The van der Waals surface area contributed by atoms with E-state index in [0.717, 1.165) is 16.6 Å². The predicted octanol–water partition coefficient (Wildman–Crippen LogP) is 3.39. The average molecular weight is 355 g/mol. The number of pyridine rings is 1. The monoisotopic (exact) mass is 355 g/mol. The first-order valence-corrected chi connectivity index (χ1v) is 8.24. The Hall–Kier alpha value is -3.09. The van der Waals surface area contributed by atoms with Crippen molar-refractivity contribution in [2.24, 2.45) is 0 Å². The summed E-state index contributed by atoms with van der Waals surface area (Å²) in [6.45, 7) is 4.12. The van der Waals surface area contributed by atoms with Gasteiger partial charge < -0.3 is 14.2 Å². The Kier molecular flexibility index (Phi) is 5.06. The Morgan fingerprint density at radius 2 is 1.96 bits per heavy atom. The second-order valence-electron chi connectivity index (χ2n) is 6.07. The highest BCUT2D eigenvalue weighted by Crippen LogP contribution is 2.25. The van der Waals surface area contributed by atoms with Crippen LogP contribution < -0.4 is 9.47 Å². The predicted molar refractivity (Wildman–Crippen MR) is 96.6 cm³/mol. The van der Waals surface area contributed by atoms with E-state index >= 15 is 0 Å². The van der Waals surface area contributed by atoms with Gasteiger partial charge in [0.25, 0.3) is 0 Å². The molecule has 0 aliphatic carbocycles. The molecule has 3 rings (SSSR count). The van der Waals surface area contributed by atoms with E-state index < -0.39 is 5.97 Å². The lowest BCUT2D eigenvalue weighted by Gasteiger charge is -2.11. The second kappa shape index (κ2) is 7.43. The van der Waals surface area contributed by atoms with Crippen LogP contribution >= 0.6 is 0 Å². The quantitative estimate of drug-likeness (QED) is 0.631. The van der Waals surface area contributed by atoms with E-state index in [-0.39, 0.29) is 12.6 Å². The third-order valence-corrected chi connectivity index (χ3v) is 4.00. The van der Waals surface area contributed by atoms with E-state index in [2.05, 4.69) is 10.1 Å². The topological polar surface area (TPSA) is 75.5 Å². The van der Waals surface area contributed by atoms with Gasteiger partial charge in [0.05, 0.1) is 26.0 Å². The van der Waals surface area contributed by atoms with Crippen molar-refractivity contribution in [1.29, 1.82) is 0 Å². The molecule has 7 nitrogen and oxygen atoms in total. The molecule has 2 aromatic heterocycles. The summed E-state index contributed by atoms with van der Waals surface area (Å²) in [7, 11) is 3.15. The molecule has 3 aromatic rings. The lowest BCUT2D eigenvalue weighted by molar-refractivity contribution is 0.0469. The molecule has 0 amide bonds. The highest BCUT2D eigenvalue weighted by atomic mass is 16.5. The number of hydrogen-bond donors (Lipinski definition) is 0. The zero-order valence-corrected chi connectivity index (χ0v) is 15.2. The molecule has 0 fully saturated rings. The first-order valence-electron chi connectivity index (χ1n) is 8.24. The minimum Gasteiger partial charge on any atom is -0.497 e. The molecule has 0 radical (unpaired) electrons. The molecule has 26 heavy (non-hydrogen) atoms. The fraction of sp³-hybridized carbons (Fsp3) is 0.316. The lowest BCUT2D eigenvalue weighted by Crippen LogP contribution is -2.08. The van der Waals surface area contributed by atoms with Crippen LogP contribution in [0.1, 0.15) is 35.8 Å². The average Bonchev–Trinajstić information content (AvgIpc) is 3.09. The molecule has 0 aliphatic heterocycles. The van der Waals surface area contributed by atoms with Gasteiger partial charge in [-0.3, -0.25) is 0 Å². The standard InChI is InChI=1S/C19H21N3O4/c1-12(2)22-18-13(10-21-22)7-14(9-20-18)19(23)26-11-15-8-16(24-3)5-6-17(15)25-4/h5-10,12H,11H2,1-4H3. The van der Waals surface area contributed by atoms with Crippen LogP contribution in [0.25, 0.3) is 11.0 Å². The number of rotatable bonds is 6. The minimum atomic E-state index is -0.457. The van der Waals surface area contributed by atoms with Gasteiger partial charge in [-0.1, -0.05) is 0 Å². The van der Waals surface area contributed by atoms with Gasteiger partial charge >= 0.3 is 5.97 Å². The van der Waals surface area contributed by atoms with E-state index in [1.54, 1.807) is 44.7 Å². The molecule has 0 bridgehead atoms. The van der Waals surface area contributed by atoms with E-state index in [1.165, 1.54) is 6.20 Å². The van der Waals surface area contributed by atoms with Gasteiger partial charge in [-0.25, -0.2) is 14.5 Å². The third kappa shape index (κ3) is 3.46. The summed E-state index contributed by atoms with van der Waals surface area (Å²) in [5, 5.41) is 5.10. The van der Waals surface area contributed by atoms with Gasteiger partial charge in [0.1, 0.15) is 18.1 Å². The Bertz CT molecular complexity index is 934. The van der Waals surface area contributed by atoms with E-state index in [0.29, 0.717) is 17.1 Å². The zero-order valence-electron chi connectivity index (χ0n) is 15.2. The SMILES string of the molecule is COc1ccc(OC)c(COC(=O)c2cnc3c(cnn3C(C)C)c2)c1. The normalized spacial score (nSPS) is 11.0. The molecule has 0 aliphatic rings. The summed E-state index contributed by atoms with van der Waals surface area (Å²) >= 11 is 0. The maximum atomic E-state index is 12.4. The van der Waals surface area contributed by atoms with Crippen LogP contribution in [0.5, 0.6) is 11.5 Å².